The highest BCUT2D eigenvalue weighted by Gasteiger charge is 2.36. The van der Waals surface area contributed by atoms with E-state index in [-0.39, 0.29) is 0 Å². The molecule has 2 heterocycles. The highest BCUT2D eigenvalue weighted by atomic mass is 16.5. The van der Waals surface area contributed by atoms with Crippen molar-refractivity contribution in [2.24, 2.45) is 0 Å². The van der Waals surface area contributed by atoms with Gasteiger partial charge >= 0.3 is 0 Å². The van der Waals surface area contributed by atoms with E-state index >= 15 is 0 Å². The van der Waals surface area contributed by atoms with Crippen LogP contribution in [0.1, 0.15) is 28.7 Å². The van der Waals surface area contributed by atoms with Crippen LogP contribution < -0.4 is 4.74 Å². The van der Waals surface area contributed by atoms with Crippen LogP contribution in [0.3, 0.4) is 0 Å². The Morgan fingerprint density at radius 1 is 0.923 bits per heavy atom. The van der Waals surface area contributed by atoms with Gasteiger partial charge in [-0.3, -0.25) is 9.69 Å². The minimum absolute atomic E-state index is 0.355. The van der Waals surface area contributed by atoms with Crippen molar-refractivity contribution in [3.05, 3.63) is 52.6 Å². The molecule has 0 saturated carbocycles. The number of carbonyl (C=O) groups is 1. The number of rotatable bonds is 1. The number of nitrogens with zero attached hydrogens (tertiary/aromatic N) is 1. The van der Waals surface area contributed by atoms with Crippen molar-refractivity contribution in [2.75, 3.05) is 13.7 Å². The lowest BCUT2D eigenvalue weighted by atomic mass is 9.84. The van der Waals surface area contributed by atoms with Crippen molar-refractivity contribution in [1.29, 1.82) is 0 Å². The maximum absolute atomic E-state index is 12.0. The molecule has 0 bridgehead atoms. The van der Waals surface area contributed by atoms with Gasteiger partial charge in [0.15, 0.2) is 0 Å². The summed E-state index contributed by atoms with van der Waals surface area (Å²) in [6, 6.07) is 11.6. The molecular formula is C23H23NO2. The second-order valence-corrected chi connectivity index (χ2v) is 7.88. The van der Waals surface area contributed by atoms with Crippen molar-refractivity contribution >= 4 is 27.3 Å². The van der Waals surface area contributed by atoms with E-state index in [1.807, 2.05) is 0 Å². The Bertz CT molecular complexity index is 1080. The van der Waals surface area contributed by atoms with Gasteiger partial charge in [-0.05, 0) is 70.6 Å². The average molecular weight is 345 g/mol. The predicted octanol–water partition coefficient (Wildman–Crippen LogP) is 4.32. The van der Waals surface area contributed by atoms with Crippen LogP contribution in [-0.4, -0.2) is 30.4 Å². The topological polar surface area (TPSA) is 29.5 Å². The maximum Gasteiger partial charge on any atom is 0.148 e. The Labute approximate surface area is 153 Å². The zero-order valence-electron chi connectivity index (χ0n) is 15.6. The maximum atomic E-state index is 12.0. The molecule has 0 aromatic heterocycles. The molecule has 3 aromatic carbocycles. The normalized spacial score (nSPS) is 19.8. The molecule has 132 valence electrons. The molecule has 3 nitrogen and oxygen atoms in total. The van der Waals surface area contributed by atoms with Crippen LogP contribution in [0.4, 0.5) is 0 Å². The first-order valence-electron chi connectivity index (χ1n) is 9.33. The second-order valence-electron chi connectivity index (χ2n) is 7.88. The molecule has 0 unspecified atom stereocenters. The fourth-order valence-electron chi connectivity index (χ4n) is 4.90. The van der Waals surface area contributed by atoms with Crippen LogP contribution in [-0.2, 0) is 17.8 Å². The van der Waals surface area contributed by atoms with E-state index in [0.29, 0.717) is 24.8 Å². The number of hydrogen-bond acceptors (Lipinski definition) is 3. The molecule has 0 spiro atoms. The van der Waals surface area contributed by atoms with E-state index < -0.39 is 0 Å². The summed E-state index contributed by atoms with van der Waals surface area (Å²) in [5.74, 6) is 1.32. The molecule has 0 radical (unpaired) electrons. The van der Waals surface area contributed by atoms with Crippen LogP contribution in [0.5, 0.6) is 5.75 Å². The first-order chi connectivity index (χ1) is 12.5. The van der Waals surface area contributed by atoms with Gasteiger partial charge in [-0.15, -0.1) is 0 Å². The van der Waals surface area contributed by atoms with Crippen LogP contribution in [0, 0.1) is 13.8 Å². The van der Waals surface area contributed by atoms with Crippen molar-refractivity contribution in [1.82, 2.24) is 4.90 Å². The van der Waals surface area contributed by atoms with Crippen molar-refractivity contribution < 1.29 is 9.53 Å². The van der Waals surface area contributed by atoms with E-state index in [2.05, 4.69) is 49.1 Å². The monoisotopic (exact) mass is 345 g/mol. The molecule has 3 heteroatoms. The second kappa shape index (κ2) is 5.55. The van der Waals surface area contributed by atoms with E-state index in [9.17, 15) is 4.79 Å². The molecular weight excluding hydrogens is 322 g/mol. The van der Waals surface area contributed by atoms with E-state index in [4.69, 9.17) is 4.74 Å². The molecule has 5 rings (SSSR count). The zero-order chi connectivity index (χ0) is 18.0. The number of methoxy groups -OCH3 is 1. The number of hydrogen-bond donors (Lipinski definition) is 0. The summed E-state index contributed by atoms with van der Waals surface area (Å²) in [4.78, 5) is 14.4. The minimum atomic E-state index is 0.355. The van der Waals surface area contributed by atoms with Gasteiger partial charge in [0.25, 0.3) is 0 Å². The van der Waals surface area contributed by atoms with Gasteiger partial charge in [0, 0.05) is 19.0 Å². The van der Waals surface area contributed by atoms with Gasteiger partial charge in [0.2, 0.25) is 0 Å². The lowest BCUT2D eigenvalue weighted by molar-refractivity contribution is -0.116. The van der Waals surface area contributed by atoms with Gasteiger partial charge in [0.1, 0.15) is 11.5 Å². The van der Waals surface area contributed by atoms with Gasteiger partial charge < -0.3 is 4.74 Å². The third-order valence-corrected chi connectivity index (χ3v) is 6.17. The molecule has 0 aliphatic carbocycles. The van der Waals surface area contributed by atoms with Crippen molar-refractivity contribution in [2.45, 2.75) is 39.3 Å². The molecule has 26 heavy (non-hydrogen) atoms. The fraction of sp³-hybridized carbons (Fsp3) is 0.348. The quantitative estimate of drug-likeness (QED) is 0.615. The first-order valence-corrected chi connectivity index (χ1v) is 9.33. The molecule has 3 aromatic rings. The molecule has 1 fully saturated rings. The third kappa shape index (κ3) is 2.20. The van der Waals surface area contributed by atoms with E-state index in [0.717, 1.165) is 24.3 Å². The van der Waals surface area contributed by atoms with Gasteiger partial charge in [-0.25, -0.2) is 0 Å². The van der Waals surface area contributed by atoms with E-state index in [1.165, 1.54) is 38.2 Å². The summed E-state index contributed by atoms with van der Waals surface area (Å²) in [6.45, 7) is 5.73. The Hall–Kier alpha value is -2.39. The number of aryl methyl sites for hydroxylation is 2. The summed E-state index contributed by atoms with van der Waals surface area (Å²) in [7, 11) is 1.74. The standard InChI is InChI=1S/C23H23NO2/c1-13-4-5-17-18(6-13)19-7-14(2)23(26-3)10-21(19)20-9-15-8-16(25)11-24(15)12-22(17)20/h4-7,10,15H,8-9,11-12H2,1-3H3/t15-/m1/s1. The number of fused-ring (bicyclic) bond motifs is 7. The molecule has 1 saturated heterocycles. The predicted molar refractivity (Wildman–Crippen MR) is 105 cm³/mol. The van der Waals surface area contributed by atoms with Gasteiger partial charge in [-0.2, -0.15) is 0 Å². The summed E-state index contributed by atoms with van der Waals surface area (Å²) in [6.07, 6.45) is 1.64. The zero-order valence-corrected chi connectivity index (χ0v) is 15.6. The highest BCUT2D eigenvalue weighted by Crippen LogP contribution is 2.41. The molecule has 2 aliphatic rings. The highest BCUT2D eigenvalue weighted by molar-refractivity contribution is 6.12. The Balaban J connectivity index is 1.88. The van der Waals surface area contributed by atoms with Crippen LogP contribution in [0.2, 0.25) is 0 Å². The lowest BCUT2D eigenvalue weighted by Crippen LogP contribution is -2.35. The van der Waals surface area contributed by atoms with Crippen molar-refractivity contribution in [3.8, 4) is 5.75 Å². The number of carbonyl (C=O) groups excluding carboxylic acids is 1. The number of benzene rings is 3. The minimum Gasteiger partial charge on any atom is -0.496 e. The van der Waals surface area contributed by atoms with Gasteiger partial charge in [0.05, 0.1) is 13.7 Å². The van der Waals surface area contributed by atoms with Crippen molar-refractivity contribution in [3.63, 3.8) is 0 Å². The molecule has 2 aliphatic heterocycles. The van der Waals surface area contributed by atoms with Gasteiger partial charge in [-0.1, -0.05) is 23.8 Å². The Kier molecular flexibility index (Phi) is 3.38. The smallest absolute Gasteiger partial charge is 0.148 e. The molecule has 1 atom stereocenters. The van der Waals surface area contributed by atoms with E-state index in [1.54, 1.807) is 7.11 Å². The van der Waals surface area contributed by atoms with Crippen LogP contribution in [0.25, 0.3) is 21.5 Å². The fourth-order valence-corrected chi connectivity index (χ4v) is 4.90. The van der Waals surface area contributed by atoms with Crippen LogP contribution >= 0.6 is 0 Å². The average Bonchev–Trinajstić information content (AvgIpc) is 2.99. The third-order valence-electron chi connectivity index (χ3n) is 6.17. The largest absolute Gasteiger partial charge is 0.496 e. The summed E-state index contributed by atoms with van der Waals surface area (Å²) in [5.41, 5.74) is 5.24. The number of ketones is 1. The lowest BCUT2D eigenvalue weighted by Gasteiger charge is -2.33. The Morgan fingerprint density at radius 2 is 1.73 bits per heavy atom. The van der Waals surface area contributed by atoms with Crippen LogP contribution in [0.15, 0.2) is 30.3 Å². The number of ether oxygens (including phenoxy) is 1. The molecule has 0 N–H and O–H groups in total. The number of Topliss-reactive ketones (excluding diaryl/α,β-unsaturated/α-hetero) is 1. The summed E-state index contributed by atoms with van der Waals surface area (Å²) < 4.78 is 5.62. The SMILES string of the molecule is COc1cc2c3c(c4ccc(C)cc4c2cc1C)CN1CC(=O)C[C@@H]1C3. The summed E-state index contributed by atoms with van der Waals surface area (Å²) in [5, 5.41) is 5.24. The summed E-state index contributed by atoms with van der Waals surface area (Å²) >= 11 is 0. The first kappa shape index (κ1) is 15.8. The Morgan fingerprint density at radius 3 is 2.54 bits per heavy atom. The molecule has 0 amide bonds.